The maximum atomic E-state index is 12.9. The molecular formula is C22H33F3O. The van der Waals surface area contributed by atoms with E-state index >= 15 is 0 Å². The lowest BCUT2D eigenvalue weighted by Crippen LogP contribution is -2.37. The predicted octanol–water partition coefficient (Wildman–Crippen LogP) is 6.27. The Morgan fingerprint density at radius 1 is 0.769 bits per heavy atom. The molecule has 0 aromatic carbocycles. The Kier molecular flexibility index (Phi) is 5.42. The van der Waals surface area contributed by atoms with Crippen LogP contribution in [0, 0.1) is 35.5 Å². The molecular weight excluding hydrogens is 337 g/mol. The van der Waals surface area contributed by atoms with E-state index in [0.717, 1.165) is 36.5 Å². The molecule has 0 saturated heterocycles. The second-order valence-corrected chi connectivity index (χ2v) is 9.55. The first-order chi connectivity index (χ1) is 12.4. The fraction of sp³-hybridized carbons (Fsp3) is 0.909. The molecule has 4 heteroatoms. The summed E-state index contributed by atoms with van der Waals surface area (Å²) in [5.74, 6) is 2.32. The summed E-state index contributed by atoms with van der Waals surface area (Å²) >= 11 is 0. The van der Waals surface area contributed by atoms with Crippen molar-refractivity contribution in [1.29, 1.82) is 0 Å². The number of halogens is 3. The zero-order valence-electron chi connectivity index (χ0n) is 15.7. The van der Waals surface area contributed by atoms with Gasteiger partial charge in [0.05, 0.1) is 12.0 Å². The fourth-order valence-electron chi connectivity index (χ4n) is 6.17. The van der Waals surface area contributed by atoms with Gasteiger partial charge in [-0.05, 0) is 101 Å². The smallest absolute Gasteiger partial charge is 0.391 e. The minimum absolute atomic E-state index is 0.0276. The zero-order valence-corrected chi connectivity index (χ0v) is 15.7. The Bertz CT molecular complexity index is 514. The molecule has 0 spiro atoms. The summed E-state index contributed by atoms with van der Waals surface area (Å²) in [5.41, 5.74) is 1.25. The van der Waals surface area contributed by atoms with Crippen LogP contribution in [-0.2, 0) is 0 Å². The van der Waals surface area contributed by atoms with E-state index in [0.29, 0.717) is 6.42 Å². The second-order valence-electron chi connectivity index (χ2n) is 9.55. The Hall–Kier alpha value is -0.510. The lowest BCUT2D eigenvalue weighted by Gasteiger charge is -2.39. The highest BCUT2D eigenvalue weighted by Gasteiger charge is 2.45. The highest BCUT2D eigenvalue weighted by atomic mass is 19.4. The summed E-state index contributed by atoms with van der Waals surface area (Å²) in [5, 5.41) is 10.3. The van der Waals surface area contributed by atoms with Gasteiger partial charge in [-0.1, -0.05) is 11.6 Å². The van der Waals surface area contributed by atoms with Crippen LogP contribution in [0.1, 0.15) is 77.0 Å². The molecule has 148 valence electrons. The van der Waals surface area contributed by atoms with Crippen LogP contribution in [0.3, 0.4) is 0 Å². The molecule has 3 fully saturated rings. The number of allylic oxidation sites excluding steroid dienone is 1. The van der Waals surface area contributed by atoms with E-state index in [1.165, 1.54) is 50.5 Å². The van der Waals surface area contributed by atoms with Gasteiger partial charge in [-0.15, -0.1) is 0 Å². The Balaban J connectivity index is 1.28. The van der Waals surface area contributed by atoms with Crippen molar-refractivity contribution in [3.63, 3.8) is 0 Å². The summed E-state index contributed by atoms with van der Waals surface area (Å²) in [6.45, 7) is 0. The third kappa shape index (κ3) is 4.15. The van der Waals surface area contributed by atoms with E-state index in [1.54, 1.807) is 0 Å². The van der Waals surface area contributed by atoms with Gasteiger partial charge in [-0.3, -0.25) is 0 Å². The third-order valence-corrected chi connectivity index (χ3v) is 8.01. The van der Waals surface area contributed by atoms with Gasteiger partial charge in [0.1, 0.15) is 0 Å². The van der Waals surface area contributed by atoms with Crippen molar-refractivity contribution < 1.29 is 18.3 Å². The molecule has 0 aromatic heterocycles. The molecule has 3 saturated carbocycles. The SMILES string of the molecule is OC1CC(C(F)(F)F)CCC1C1=CCC(C2CCC(C3CC3)CC2)CC1. The van der Waals surface area contributed by atoms with Crippen LogP contribution in [0.15, 0.2) is 11.6 Å². The molecule has 4 unspecified atom stereocenters. The van der Waals surface area contributed by atoms with Gasteiger partial charge >= 0.3 is 6.18 Å². The summed E-state index contributed by atoms with van der Waals surface area (Å²) in [4.78, 5) is 0. The van der Waals surface area contributed by atoms with Crippen molar-refractivity contribution in [3.05, 3.63) is 11.6 Å². The highest BCUT2D eigenvalue weighted by molar-refractivity contribution is 5.14. The van der Waals surface area contributed by atoms with Gasteiger partial charge in [-0.2, -0.15) is 13.2 Å². The van der Waals surface area contributed by atoms with Crippen LogP contribution in [0.5, 0.6) is 0 Å². The van der Waals surface area contributed by atoms with Crippen LogP contribution in [0.4, 0.5) is 13.2 Å². The molecule has 0 amide bonds. The maximum absolute atomic E-state index is 12.9. The summed E-state index contributed by atoms with van der Waals surface area (Å²) in [7, 11) is 0. The van der Waals surface area contributed by atoms with E-state index < -0.39 is 18.2 Å². The number of aliphatic hydroxyl groups excluding tert-OH is 1. The van der Waals surface area contributed by atoms with Crippen molar-refractivity contribution in [1.82, 2.24) is 0 Å². The number of aliphatic hydroxyl groups is 1. The normalized spacial score (nSPS) is 42.4. The van der Waals surface area contributed by atoms with E-state index in [2.05, 4.69) is 6.08 Å². The molecule has 0 radical (unpaired) electrons. The van der Waals surface area contributed by atoms with E-state index in [4.69, 9.17) is 0 Å². The van der Waals surface area contributed by atoms with Gasteiger partial charge in [0.25, 0.3) is 0 Å². The van der Waals surface area contributed by atoms with Gasteiger partial charge in [-0.25, -0.2) is 0 Å². The molecule has 1 nitrogen and oxygen atoms in total. The Morgan fingerprint density at radius 2 is 1.35 bits per heavy atom. The van der Waals surface area contributed by atoms with Crippen LogP contribution in [0.2, 0.25) is 0 Å². The molecule has 0 heterocycles. The number of alkyl halides is 3. The largest absolute Gasteiger partial charge is 0.392 e. The lowest BCUT2D eigenvalue weighted by atomic mass is 9.68. The molecule has 0 aromatic rings. The predicted molar refractivity (Wildman–Crippen MR) is 96.5 cm³/mol. The van der Waals surface area contributed by atoms with E-state index in [-0.39, 0.29) is 18.8 Å². The van der Waals surface area contributed by atoms with Crippen molar-refractivity contribution >= 4 is 0 Å². The summed E-state index contributed by atoms with van der Waals surface area (Å²) < 4.78 is 38.7. The average Bonchev–Trinajstić information content (AvgIpc) is 3.46. The van der Waals surface area contributed by atoms with Gasteiger partial charge in [0.2, 0.25) is 0 Å². The van der Waals surface area contributed by atoms with Crippen molar-refractivity contribution in [2.45, 2.75) is 89.3 Å². The van der Waals surface area contributed by atoms with Crippen molar-refractivity contribution in [3.8, 4) is 0 Å². The van der Waals surface area contributed by atoms with Crippen molar-refractivity contribution in [2.24, 2.45) is 35.5 Å². The van der Waals surface area contributed by atoms with Crippen LogP contribution in [0.25, 0.3) is 0 Å². The molecule has 0 bridgehead atoms. The molecule has 1 N–H and O–H groups in total. The molecule has 4 aliphatic carbocycles. The molecule has 0 aliphatic heterocycles. The first kappa shape index (κ1) is 18.8. The molecule has 4 aliphatic rings. The topological polar surface area (TPSA) is 20.2 Å². The highest BCUT2D eigenvalue weighted by Crippen LogP contribution is 2.49. The van der Waals surface area contributed by atoms with Crippen LogP contribution in [-0.4, -0.2) is 17.4 Å². The monoisotopic (exact) mass is 370 g/mol. The van der Waals surface area contributed by atoms with E-state index in [1.807, 2.05) is 0 Å². The third-order valence-electron chi connectivity index (χ3n) is 8.01. The first-order valence-electron chi connectivity index (χ1n) is 10.9. The standard InChI is InChI=1S/C22H33F3O/c23-22(24,25)19-11-12-20(21(26)13-19)18-9-7-17(8-10-18)16-5-3-15(4-6-16)14-1-2-14/h9,14-17,19-21,26H,1-8,10-13H2. The maximum Gasteiger partial charge on any atom is 0.391 e. The zero-order chi connectivity index (χ0) is 18.3. The molecule has 4 rings (SSSR count). The minimum Gasteiger partial charge on any atom is -0.392 e. The first-order valence-corrected chi connectivity index (χ1v) is 10.9. The molecule has 26 heavy (non-hydrogen) atoms. The lowest BCUT2D eigenvalue weighted by molar-refractivity contribution is -0.192. The number of hydrogen-bond acceptors (Lipinski definition) is 1. The summed E-state index contributed by atoms with van der Waals surface area (Å²) in [6.07, 6.45) is 9.67. The second kappa shape index (κ2) is 7.48. The summed E-state index contributed by atoms with van der Waals surface area (Å²) in [6, 6.07) is 0. The Labute approximate surface area is 155 Å². The van der Waals surface area contributed by atoms with Gasteiger partial charge in [0, 0.05) is 5.92 Å². The van der Waals surface area contributed by atoms with Crippen molar-refractivity contribution in [2.75, 3.05) is 0 Å². The number of hydrogen-bond donors (Lipinski definition) is 1. The van der Waals surface area contributed by atoms with Crippen LogP contribution >= 0.6 is 0 Å². The number of rotatable bonds is 3. The van der Waals surface area contributed by atoms with Crippen LogP contribution < -0.4 is 0 Å². The Morgan fingerprint density at radius 3 is 1.81 bits per heavy atom. The minimum atomic E-state index is -4.16. The molecule has 4 atom stereocenters. The quantitative estimate of drug-likeness (QED) is 0.581. The average molecular weight is 370 g/mol. The van der Waals surface area contributed by atoms with Gasteiger partial charge in [0.15, 0.2) is 0 Å². The van der Waals surface area contributed by atoms with Gasteiger partial charge < -0.3 is 5.11 Å². The fourth-order valence-corrected chi connectivity index (χ4v) is 6.17. The van der Waals surface area contributed by atoms with E-state index in [9.17, 15) is 18.3 Å².